The predicted octanol–water partition coefficient (Wildman–Crippen LogP) is 3.27. The first kappa shape index (κ1) is 25.8. The summed E-state index contributed by atoms with van der Waals surface area (Å²) in [5.41, 5.74) is 6.50. The summed E-state index contributed by atoms with van der Waals surface area (Å²) in [6.07, 6.45) is 0.658. The predicted molar refractivity (Wildman–Crippen MR) is 136 cm³/mol. The van der Waals surface area contributed by atoms with Gasteiger partial charge in [-0.3, -0.25) is 4.79 Å². The van der Waals surface area contributed by atoms with Crippen LogP contribution in [0.5, 0.6) is 5.75 Å². The van der Waals surface area contributed by atoms with Gasteiger partial charge >= 0.3 is 0 Å². The van der Waals surface area contributed by atoms with Crippen LogP contribution in [0.15, 0.2) is 71.8 Å². The molecule has 8 nitrogen and oxygen atoms in total. The first-order chi connectivity index (χ1) is 18.2. The van der Waals surface area contributed by atoms with Crippen LogP contribution >= 0.6 is 0 Å². The third-order valence-corrected chi connectivity index (χ3v) is 8.32. The van der Waals surface area contributed by atoms with Crippen molar-refractivity contribution >= 4 is 26.8 Å². The van der Waals surface area contributed by atoms with Crippen molar-refractivity contribution in [1.29, 1.82) is 0 Å². The number of nitrogens with zero attached hydrogens (tertiary/aromatic N) is 1. The van der Waals surface area contributed by atoms with Gasteiger partial charge in [0.15, 0.2) is 11.6 Å². The molecular formula is C27H25F2N3O5S. The van der Waals surface area contributed by atoms with Gasteiger partial charge in [0, 0.05) is 34.3 Å². The minimum atomic E-state index is -3.99. The molecule has 2 unspecified atom stereocenters. The molecule has 198 valence electrons. The third kappa shape index (κ3) is 4.75. The maximum atomic E-state index is 14.1. The molecule has 4 aromatic rings. The van der Waals surface area contributed by atoms with E-state index in [-0.39, 0.29) is 58.3 Å². The molecule has 1 amide bonds. The van der Waals surface area contributed by atoms with Crippen molar-refractivity contribution in [3.05, 3.63) is 95.2 Å². The molecule has 1 aliphatic rings. The quantitative estimate of drug-likeness (QED) is 0.315. The number of aliphatic hydroxyl groups excluding tert-OH is 1. The zero-order valence-electron chi connectivity index (χ0n) is 20.1. The molecule has 0 bridgehead atoms. The van der Waals surface area contributed by atoms with Gasteiger partial charge in [-0.15, -0.1) is 0 Å². The second-order valence-corrected chi connectivity index (χ2v) is 10.9. The summed E-state index contributed by atoms with van der Waals surface area (Å²) in [6, 6.07) is 13.7. The molecule has 1 aliphatic heterocycles. The number of halogens is 2. The van der Waals surface area contributed by atoms with Crippen LogP contribution in [0.1, 0.15) is 34.0 Å². The van der Waals surface area contributed by atoms with Crippen molar-refractivity contribution in [2.75, 3.05) is 13.2 Å². The Bertz CT molecular complexity index is 1620. The summed E-state index contributed by atoms with van der Waals surface area (Å²) in [5, 5.41) is 14.5. The van der Waals surface area contributed by atoms with Gasteiger partial charge in [0.05, 0.1) is 16.5 Å². The lowest BCUT2D eigenvalue weighted by Gasteiger charge is -2.28. The van der Waals surface area contributed by atoms with E-state index in [0.29, 0.717) is 12.0 Å². The Morgan fingerprint density at radius 1 is 1.16 bits per heavy atom. The summed E-state index contributed by atoms with van der Waals surface area (Å²) >= 11 is 0. The van der Waals surface area contributed by atoms with Crippen molar-refractivity contribution in [2.24, 2.45) is 5.73 Å². The standard InChI is InChI=1S/C27H25F2N3O5S/c28-16-6-9-24-20(12-16)22(14-32(24)38(35,36)18-4-2-1-3-5-18)25(33)10-11-31-17-13-21-19(27(30)34)7-8-23(29)26(21)37-15-17/h1-9,12,14,17,25,31,33H,10-11,13,15H2,(H2,30,34). The molecule has 2 heterocycles. The number of carbonyl (C=O) groups excluding carboxylic acids is 1. The highest BCUT2D eigenvalue weighted by molar-refractivity contribution is 7.90. The number of hydrogen-bond acceptors (Lipinski definition) is 6. The van der Waals surface area contributed by atoms with Gasteiger partial charge in [-0.25, -0.2) is 21.2 Å². The average Bonchev–Trinajstić information content (AvgIpc) is 3.28. The van der Waals surface area contributed by atoms with Crippen LogP contribution in [-0.2, 0) is 16.4 Å². The number of amides is 1. The van der Waals surface area contributed by atoms with E-state index < -0.39 is 33.7 Å². The van der Waals surface area contributed by atoms with Crippen LogP contribution in [0.2, 0.25) is 0 Å². The SMILES string of the molecule is NC(=O)c1ccc(F)c2c1CC(NCCC(O)c1cn(S(=O)(=O)c3ccccc3)c3ccc(F)cc13)CO2. The molecule has 5 rings (SSSR count). The smallest absolute Gasteiger partial charge is 0.268 e. The molecule has 3 aromatic carbocycles. The van der Waals surface area contributed by atoms with Crippen LogP contribution in [0.4, 0.5) is 8.78 Å². The lowest BCUT2D eigenvalue weighted by molar-refractivity contribution is 0.0997. The van der Waals surface area contributed by atoms with E-state index in [1.54, 1.807) is 18.2 Å². The second-order valence-electron chi connectivity index (χ2n) is 9.10. The maximum Gasteiger partial charge on any atom is 0.268 e. The Labute approximate surface area is 217 Å². The number of benzene rings is 3. The van der Waals surface area contributed by atoms with E-state index >= 15 is 0 Å². The number of aromatic nitrogens is 1. The first-order valence-electron chi connectivity index (χ1n) is 11.9. The number of rotatable bonds is 8. The largest absolute Gasteiger partial charge is 0.489 e. The molecule has 0 fully saturated rings. The van der Waals surface area contributed by atoms with Gasteiger partial charge < -0.3 is 20.9 Å². The van der Waals surface area contributed by atoms with Crippen molar-refractivity contribution in [2.45, 2.75) is 29.9 Å². The Morgan fingerprint density at radius 2 is 1.92 bits per heavy atom. The molecule has 0 saturated heterocycles. The zero-order chi connectivity index (χ0) is 27.0. The van der Waals surface area contributed by atoms with E-state index in [1.807, 2.05) is 0 Å². The summed E-state index contributed by atoms with van der Waals surface area (Å²) in [5.74, 6) is -1.81. The summed E-state index contributed by atoms with van der Waals surface area (Å²) in [4.78, 5) is 11.8. The fraction of sp³-hybridized carbons (Fsp3) is 0.222. The number of carbonyl (C=O) groups is 1. The van der Waals surface area contributed by atoms with Gasteiger partial charge in [-0.2, -0.15) is 0 Å². The topological polar surface area (TPSA) is 124 Å². The maximum absolute atomic E-state index is 14.1. The van der Waals surface area contributed by atoms with Crippen LogP contribution in [0.3, 0.4) is 0 Å². The van der Waals surface area contributed by atoms with Crippen molar-refractivity contribution in [3.63, 3.8) is 0 Å². The Hall–Kier alpha value is -3.80. The highest BCUT2D eigenvalue weighted by Gasteiger charge is 2.28. The molecule has 2 atom stereocenters. The molecule has 38 heavy (non-hydrogen) atoms. The van der Waals surface area contributed by atoms with Gasteiger partial charge in [0.25, 0.3) is 10.0 Å². The van der Waals surface area contributed by atoms with Crippen molar-refractivity contribution < 1.29 is 31.8 Å². The molecule has 1 aromatic heterocycles. The fourth-order valence-electron chi connectivity index (χ4n) is 4.76. The third-order valence-electron chi connectivity index (χ3n) is 6.63. The highest BCUT2D eigenvalue weighted by Crippen LogP contribution is 2.33. The van der Waals surface area contributed by atoms with Gasteiger partial charge in [0.2, 0.25) is 5.91 Å². The van der Waals surface area contributed by atoms with Crippen LogP contribution in [0, 0.1) is 11.6 Å². The highest BCUT2D eigenvalue weighted by atomic mass is 32.2. The molecule has 0 saturated carbocycles. The van der Waals surface area contributed by atoms with Gasteiger partial charge in [-0.05, 0) is 61.9 Å². The van der Waals surface area contributed by atoms with E-state index in [2.05, 4.69) is 5.32 Å². The van der Waals surface area contributed by atoms with Crippen LogP contribution in [0.25, 0.3) is 10.9 Å². The number of nitrogens with two attached hydrogens (primary N) is 1. The van der Waals surface area contributed by atoms with E-state index in [4.69, 9.17) is 10.5 Å². The summed E-state index contributed by atoms with van der Waals surface area (Å²) < 4.78 is 61.4. The summed E-state index contributed by atoms with van der Waals surface area (Å²) in [6.45, 7) is 0.418. The Morgan fingerprint density at radius 3 is 2.66 bits per heavy atom. The molecule has 0 aliphatic carbocycles. The van der Waals surface area contributed by atoms with E-state index in [9.17, 15) is 27.1 Å². The molecule has 4 N–H and O–H groups in total. The minimum absolute atomic E-state index is 0.00819. The van der Waals surface area contributed by atoms with Gasteiger partial charge in [-0.1, -0.05) is 18.2 Å². The number of ether oxygens (including phenoxy) is 1. The molecular weight excluding hydrogens is 516 g/mol. The fourth-order valence-corrected chi connectivity index (χ4v) is 6.16. The summed E-state index contributed by atoms with van der Waals surface area (Å²) in [7, 11) is -3.99. The average molecular weight is 542 g/mol. The molecule has 0 radical (unpaired) electrons. The van der Waals surface area contributed by atoms with Crippen molar-refractivity contribution in [1.82, 2.24) is 9.29 Å². The number of primary amides is 1. The molecule has 0 spiro atoms. The number of hydrogen-bond donors (Lipinski definition) is 3. The van der Waals surface area contributed by atoms with E-state index in [0.717, 1.165) is 10.0 Å². The second kappa shape index (κ2) is 10.2. The minimum Gasteiger partial charge on any atom is -0.489 e. The van der Waals surface area contributed by atoms with Crippen LogP contribution < -0.4 is 15.8 Å². The van der Waals surface area contributed by atoms with Crippen molar-refractivity contribution in [3.8, 4) is 5.75 Å². The van der Waals surface area contributed by atoms with Crippen LogP contribution in [-0.4, -0.2) is 42.6 Å². The molecule has 11 heteroatoms. The Kier molecular flexibility index (Phi) is 6.91. The lowest BCUT2D eigenvalue weighted by Crippen LogP contribution is -2.41. The normalized spacial score (nSPS) is 16.1. The number of fused-ring (bicyclic) bond motifs is 2. The first-order valence-corrected chi connectivity index (χ1v) is 13.4. The van der Waals surface area contributed by atoms with Gasteiger partial charge in [0.1, 0.15) is 12.4 Å². The number of aliphatic hydroxyl groups is 1. The zero-order valence-corrected chi connectivity index (χ0v) is 20.9. The van der Waals surface area contributed by atoms with E-state index in [1.165, 1.54) is 42.6 Å². The lowest BCUT2D eigenvalue weighted by atomic mass is 9.96. The monoisotopic (exact) mass is 541 g/mol. The Balaban J connectivity index is 1.35. The number of nitrogens with one attached hydrogen (secondary N) is 1.